The number of hydrogen-bond donors (Lipinski definition) is 0. The fourth-order valence-electron chi connectivity index (χ4n) is 26.0. The molecule has 0 N–H and O–H groups in total. The van der Waals surface area contributed by atoms with Gasteiger partial charge >= 0.3 is 0 Å². The van der Waals surface area contributed by atoms with Crippen LogP contribution in [0.5, 0.6) is 11.5 Å². The number of nitrogens with zero attached hydrogens (tertiary/aromatic N) is 6. The molecule has 674 valence electrons. The molecule has 4 atom stereocenters. The quantitative estimate of drug-likeness (QED) is 0.0891. The molecular weight excluding hydrogens is 1720 g/mol. The number of hydrogen-bond acceptors (Lipinski definition) is 7. The van der Waals surface area contributed by atoms with Crippen LogP contribution in [0.15, 0.2) is 519 Å². The average Bonchev–Trinajstić information content (AvgIpc) is 1.35. The number of benzene rings is 16. The van der Waals surface area contributed by atoms with Crippen molar-refractivity contribution in [1.29, 1.82) is 0 Å². The molecule has 12 aliphatic rings. The summed E-state index contributed by atoms with van der Waals surface area (Å²) in [5.74, 6) is 1.66. The first-order valence-electron chi connectivity index (χ1n) is 50.8. The van der Waals surface area contributed by atoms with E-state index in [1.165, 1.54) is 88.7 Å². The molecule has 16 aromatic rings. The van der Waals surface area contributed by atoms with Gasteiger partial charge in [-0.05, 0) is 237 Å². The molecule has 0 fully saturated rings. The number of fused-ring (bicyclic) bond motifs is 17. The molecule has 0 amide bonds. The van der Waals surface area contributed by atoms with Gasteiger partial charge in [-0.3, -0.25) is 0 Å². The first-order valence-corrected chi connectivity index (χ1v) is 50.8. The van der Waals surface area contributed by atoms with E-state index in [4.69, 9.17) is 4.74 Å². The lowest BCUT2D eigenvalue weighted by Gasteiger charge is -2.49. The molecule has 0 saturated heterocycles. The highest BCUT2D eigenvalue weighted by Crippen LogP contribution is 2.66. The van der Waals surface area contributed by atoms with Crippen LogP contribution in [0.2, 0.25) is 0 Å². The summed E-state index contributed by atoms with van der Waals surface area (Å²) in [5.41, 5.74) is 43.4. The van der Waals surface area contributed by atoms with Crippen molar-refractivity contribution < 1.29 is 4.74 Å². The molecule has 0 saturated carbocycles. The van der Waals surface area contributed by atoms with E-state index in [1.807, 2.05) is 0 Å². The molecule has 9 heteroatoms. The Morgan fingerprint density at radius 2 is 0.676 bits per heavy atom. The van der Waals surface area contributed by atoms with Gasteiger partial charge in [0.1, 0.15) is 11.5 Å². The van der Waals surface area contributed by atoms with E-state index < -0.39 is 5.41 Å². The van der Waals surface area contributed by atoms with E-state index in [2.05, 4.69) is 515 Å². The topological polar surface area (TPSA) is 28.7 Å². The average molecular weight is 1820 g/mol. The van der Waals surface area contributed by atoms with E-state index in [1.54, 1.807) is 0 Å². The largest absolute Gasteiger partial charge is 0.457 e. The molecule has 1 spiro atoms. The minimum absolute atomic E-state index is 0.0364. The second-order valence-electron chi connectivity index (χ2n) is 39.4. The van der Waals surface area contributed by atoms with E-state index in [9.17, 15) is 0 Å². The second-order valence-corrected chi connectivity index (χ2v) is 39.4. The maximum Gasteiger partial charge on any atom is 0.252 e. The highest BCUT2D eigenvalue weighted by Gasteiger charge is 2.57. The van der Waals surface area contributed by atoms with Gasteiger partial charge in [-0.2, -0.15) is 0 Å². The van der Waals surface area contributed by atoms with E-state index >= 15 is 0 Å². The zero-order valence-electron chi connectivity index (χ0n) is 78.9. The number of anilines is 16. The highest BCUT2D eigenvalue weighted by molar-refractivity contribution is 7.01. The Morgan fingerprint density at radius 3 is 1.16 bits per heavy atom. The van der Waals surface area contributed by atoms with Crippen LogP contribution < -0.4 is 66.9 Å². The van der Waals surface area contributed by atoms with Crippen LogP contribution in [0.4, 0.5) is 91.0 Å². The fraction of sp³-hybridized carbons (Fsp3) is 0.0977. The van der Waals surface area contributed by atoms with Crippen molar-refractivity contribution in [3.05, 3.63) is 541 Å². The molecular formula is C133H100B2N6O. The lowest BCUT2D eigenvalue weighted by molar-refractivity contribution is 0.437. The molecule has 16 aromatic carbocycles. The van der Waals surface area contributed by atoms with Gasteiger partial charge in [-0.15, -0.1) is 0 Å². The molecule has 0 bridgehead atoms. The van der Waals surface area contributed by atoms with Crippen LogP contribution in [0.1, 0.15) is 73.6 Å². The van der Waals surface area contributed by atoms with Gasteiger partial charge in [0.15, 0.2) is 0 Å². The third-order valence-corrected chi connectivity index (χ3v) is 31.8. The van der Waals surface area contributed by atoms with Crippen molar-refractivity contribution >= 4 is 137 Å². The van der Waals surface area contributed by atoms with E-state index in [-0.39, 0.29) is 37.1 Å². The Labute approximate surface area is 832 Å². The van der Waals surface area contributed by atoms with Gasteiger partial charge < -0.3 is 34.1 Å². The summed E-state index contributed by atoms with van der Waals surface area (Å²) in [6.07, 6.45) is 51.0. The van der Waals surface area contributed by atoms with Crippen LogP contribution in [-0.2, 0) is 5.41 Å². The standard InChI is InChI=1S/C133H100B2N6O/c1-11-45-89(46-12-1)101-65-33-39-77-117(101)137(97-61-27-9-28-62-97)100-83-124-130-126(84-100)141(132-105(93-53-19-5-20-54-93)71-44-72-106(132)94-55-21-6-22-56-94)122-88-128-112(86-116(122)135(130)114-76-38-42-80-120(114)139(124)118-78-40-34-66-102(118)90-47-13-2-14-48-90)133(109-73-35-31-67-107(109)108-68-32-36-74-110(108)133)111-85-115-121(87-127(111)142-128)140(131-103(91-49-15-3-16-50-91)69-43-70-104(131)92-51-17-4-18-52-92)125-82-99(136(95-57-23-7-24-58-95)96-59-25-8-26-60-96)81-123-129(125)134(115)113-75-37-41-79-119(113)138(123)98-63-29-10-30-64-98/h1-3,5,7-17,19-21,23-49,51-53,55-69,71,73-88,91,93,104,106H,4,6,18,22,50,54,70,72H2. The molecule has 4 unspecified atom stereocenters. The van der Waals surface area contributed by atoms with Crippen LogP contribution in [0.3, 0.4) is 0 Å². The molecule has 5 heterocycles. The molecule has 0 aromatic heterocycles. The van der Waals surface area contributed by atoms with Crippen molar-refractivity contribution in [2.24, 2.45) is 23.7 Å². The molecule has 7 aliphatic carbocycles. The second kappa shape index (κ2) is 34.3. The summed E-state index contributed by atoms with van der Waals surface area (Å²) < 4.78 is 8.78. The monoisotopic (exact) mass is 1820 g/mol. The Kier molecular flexibility index (Phi) is 20.1. The zero-order chi connectivity index (χ0) is 93.5. The van der Waals surface area contributed by atoms with Gasteiger partial charge in [0.05, 0.1) is 28.2 Å². The molecule has 142 heavy (non-hydrogen) atoms. The minimum Gasteiger partial charge on any atom is -0.457 e. The van der Waals surface area contributed by atoms with Crippen molar-refractivity contribution in [2.45, 2.75) is 56.8 Å². The van der Waals surface area contributed by atoms with Crippen molar-refractivity contribution in [3.63, 3.8) is 0 Å². The smallest absolute Gasteiger partial charge is 0.252 e. The van der Waals surface area contributed by atoms with Gasteiger partial charge in [0.2, 0.25) is 0 Å². The Balaban J connectivity index is 0.774. The first-order chi connectivity index (χ1) is 70.5. The summed E-state index contributed by atoms with van der Waals surface area (Å²) in [5, 5.41) is 0. The van der Waals surface area contributed by atoms with E-state index in [0.717, 1.165) is 187 Å². The normalized spacial score (nSPS) is 18.3. The molecule has 0 radical (unpaired) electrons. The Hall–Kier alpha value is -16.9. The summed E-state index contributed by atoms with van der Waals surface area (Å²) in [7, 11) is 0. The van der Waals surface area contributed by atoms with Crippen LogP contribution in [0, 0.1) is 23.7 Å². The molecule has 28 rings (SSSR count). The minimum atomic E-state index is -1.00. The summed E-state index contributed by atoms with van der Waals surface area (Å²) in [4.78, 5) is 15.9. The summed E-state index contributed by atoms with van der Waals surface area (Å²) >= 11 is 0. The SMILES string of the molecule is C1=CCC(C2=C(N3c4cc5c(cc4B4c6ccccc6N(c6ccccc6)c6cc(N(c7ccccc7)c7ccccc7)cc3c64)C3(c4cc6c(cc4O5)N(C4=C(C5C=CC=CC5)C=CCC4C4=CCCC=C4)c4cc(N(c5ccccc5)c5ccccc5-c5ccccc5)cc5c4B6c4ccccc4N5c4ccccc4-c4ccccc4)c4ccccc4-c4ccccc43)C(C3=CCCC=C3)CC=C2)C=C1. The molecule has 5 aliphatic heterocycles. The lowest BCUT2D eigenvalue weighted by Crippen LogP contribution is -2.62. The summed E-state index contributed by atoms with van der Waals surface area (Å²) in [6, 6.07) is 143. The zero-order valence-corrected chi connectivity index (χ0v) is 78.9. The van der Waals surface area contributed by atoms with Gasteiger partial charge in [0.25, 0.3) is 13.4 Å². The highest BCUT2D eigenvalue weighted by atomic mass is 16.5. The van der Waals surface area contributed by atoms with Gasteiger partial charge in [-0.25, -0.2) is 0 Å². The van der Waals surface area contributed by atoms with Crippen molar-refractivity contribution in [2.75, 3.05) is 29.4 Å². The van der Waals surface area contributed by atoms with Gasteiger partial charge in [-0.1, -0.05) is 376 Å². The number of allylic oxidation sites excluding steroid dienone is 22. The van der Waals surface area contributed by atoms with E-state index in [0.29, 0.717) is 0 Å². The Morgan fingerprint density at radius 1 is 0.275 bits per heavy atom. The third-order valence-electron chi connectivity index (χ3n) is 31.8. The molecule has 7 nitrogen and oxygen atoms in total. The number of para-hydroxylation sites is 8. The first kappa shape index (κ1) is 83.3. The van der Waals surface area contributed by atoms with Gasteiger partial charge in [0, 0.05) is 138 Å². The lowest BCUT2D eigenvalue weighted by atomic mass is 9.33. The fourth-order valence-corrected chi connectivity index (χ4v) is 26.0. The summed E-state index contributed by atoms with van der Waals surface area (Å²) in [6.45, 7) is -0.649. The van der Waals surface area contributed by atoms with Crippen LogP contribution in [-0.4, -0.2) is 13.4 Å². The predicted molar refractivity (Wildman–Crippen MR) is 594 cm³/mol. The predicted octanol–water partition coefficient (Wildman–Crippen LogP) is 30.4. The maximum atomic E-state index is 8.78. The number of ether oxygens (including phenoxy) is 1. The number of rotatable bonds is 16. The third kappa shape index (κ3) is 13.2. The van der Waals surface area contributed by atoms with Crippen molar-refractivity contribution in [1.82, 2.24) is 0 Å². The van der Waals surface area contributed by atoms with Crippen LogP contribution in [0.25, 0.3) is 33.4 Å². The maximum absolute atomic E-state index is 8.78. The van der Waals surface area contributed by atoms with Crippen LogP contribution >= 0.6 is 0 Å². The Bertz CT molecular complexity index is 8180. The van der Waals surface area contributed by atoms with Crippen molar-refractivity contribution in [3.8, 4) is 44.9 Å².